The number of nitrogens with zero attached hydrogens (tertiary/aromatic N) is 3. The van der Waals surface area contributed by atoms with Crippen LogP contribution in [-0.2, 0) is 16.3 Å². The van der Waals surface area contributed by atoms with E-state index in [1.54, 1.807) is 32.0 Å². The molecule has 4 aromatic rings. The number of aryl methyl sites for hydroxylation is 1. The number of halogens is 2. The van der Waals surface area contributed by atoms with Crippen molar-refractivity contribution in [3.8, 4) is 17.0 Å². The van der Waals surface area contributed by atoms with Gasteiger partial charge in [0, 0.05) is 23.7 Å². The van der Waals surface area contributed by atoms with Crippen molar-refractivity contribution in [3.05, 3.63) is 99.9 Å². The summed E-state index contributed by atoms with van der Waals surface area (Å²) >= 11 is 0. The number of sulfone groups is 1. The Morgan fingerprint density at radius 1 is 1.03 bits per heavy atom. The van der Waals surface area contributed by atoms with Gasteiger partial charge in [-0.2, -0.15) is 9.37 Å². The van der Waals surface area contributed by atoms with Gasteiger partial charge < -0.3 is 5.11 Å². The predicted octanol–water partition coefficient (Wildman–Crippen LogP) is 5.77. The number of hydrogen-bond acceptors (Lipinski definition) is 6. The predicted molar refractivity (Wildman–Crippen MR) is 143 cm³/mol. The Hall–Kier alpha value is -3.92. The molecule has 0 aliphatic carbocycles. The van der Waals surface area contributed by atoms with E-state index in [1.807, 2.05) is 6.92 Å². The molecule has 0 saturated carbocycles. The first kappa shape index (κ1) is 28.1. The zero-order valence-electron chi connectivity index (χ0n) is 21.9. The van der Waals surface area contributed by atoms with E-state index in [0.29, 0.717) is 36.0 Å². The average molecular weight is 554 g/mol. The fourth-order valence-electron chi connectivity index (χ4n) is 4.66. The maximum absolute atomic E-state index is 14.8. The minimum Gasteiger partial charge on any atom is -0.493 e. The van der Waals surface area contributed by atoms with Crippen LogP contribution in [0.15, 0.2) is 75.4 Å². The van der Waals surface area contributed by atoms with E-state index in [9.17, 15) is 27.1 Å². The second-order valence-electron chi connectivity index (χ2n) is 9.21. The molecule has 204 valence electrons. The molecule has 39 heavy (non-hydrogen) atoms. The normalized spacial score (nSPS) is 12.4. The fraction of sp³-hybridized carbons (Fsp3) is 0.276. The summed E-state index contributed by atoms with van der Waals surface area (Å²) in [4.78, 5) is 19.6. The molecule has 2 heterocycles. The highest BCUT2D eigenvalue weighted by Gasteiger charge is 2.32. The van der Waals surface area contributed by atoms with Crippen molar-refractivity contribution in [1.29, 1.82) is 0 Å². The van der Waals surface area contributed by atoms with Crippen molar-refractivity contribution < 1.29 is 22.3 Å². The molecule has 10 heteroatoms. The summed E-state index contributed by atoms with van der Waals surface area (Å²) in [5, 5.41) is 11.4. The highest BCUT2D eigenvalue weighted by atomic mass is 32.2. The molecule has 0 aliphatic heterocycles. The molecule has 0 saturated heterocycles. The van der Waals surface area contributed by atoms with Crippen molar-refractivity contribution in [3.63, 3.8) is 0 Å². The molecule has 1 atom stereocenters. The van der Waals surface area contributed by atoms with Crippen LogP contribution in [0.25, 0.3) is 11.1 Å². The van der Waals surface area contributed by atoms with Crippen LogP contribution in [0.1, 0.15) is 56.1 Å². The van der Waals surface area contributed by atoms with Gasteiger partial charge in [-0.25, -0.2) is 17.8 Å². The van der Waals surface area contributed by atoms with Crippen LogP contribution in [0.5, 0.6) is 5.88 Å². The summed E-state index contributed by atoms with van der Waals surface area (Å²) in [6.07, 6.45) is 3.30. The second-order valence-corrected chi connectivity index (χ2v) is 11.1. The maximum Gasteiger partial charge on any atom is 0.296 e. The Balaban J connectivity index is 1.88. The van der Waals surface area contributed by atoms with Gasteiger partial charge in [-0.05, 0) is 55.2 Å². The lowest BCUT2D eigenvalue weighted by Gasteiger charge is -2.25. The highest BCUT2D eigenvalue weighted by Crippen LogP contribution is 2.35. The molecule has 1 N–H and O–H groups in total. The van der Waals surface area contributed by atoms with E-state index in [2.05, 4.69) is 9.97 Å². The van der Waals surface area contributed by atoms with E-state index in [-0.39, 0.29) is 16.3 Å². The first-order valence-corrected chi connectivity index (χ1v) is 14.2. The van der Waals surface area contributed by atoms with Crippen molar-refractivity contribution in [2.24, 2.45) is 0 Å². The lowest BCUT2D eigenvalue weighted by atomic mass is 10.0. The molecular formula is C29H29F2N3O4S. The monoisotopic (exact) mass is 553 g/mol. The first-order chi connectivity index (χ1) is 18.6. The lowest BCUT2D eigenvalue weighted by Crippen LogP contribution is -2.28. The summed E-state index contributed by atoms with van der Waals surface area (Å²) in [6, 6.07) is 12.4. The van der Waals surface area contributed by atoms with Crippen LogP contribution >= 0.6 is 0 Å². The number of hydrogen-bond donors (Lipinski definition) is 1. The minimum atomic E-state index is -4.54. The van der Waals surface area contributed by atoms with E-state index < -0.39 is 44.0 Å². The molecule has 0 aliphatic rings. The number of aromatic nitrogens is 3. The zero-order valence-corrected chi connectivity index (χ0v) is 22.7. The molecule has 0 spiro atoms. The second kappa shape index (κ2) is 11.4. The molecular weight excluding hydrogens is 524 g/mol. The number of benzene rings is 2. The molecule has 0 amide bonds. The van der Waals surface area contributed by atoms with Gasteiger partial charge in [0.25, 0.3) is 5.56 Å². The van der Waals surface area contributed by atoms with Gasteiger partial charge in [0.2, 0.25) is 21.7 Å². The summed E-state index contributed by atoms with van der Waals surface area (Å²) < 4.78 is 57.4. The van der Waals surface area contributed by atoms with Crippen molar-refractivity contribution in [1.82, 2.24) is 14.5 Å². The number of pyridine rings is 1. The molecule has 4 rings (SSSR count). The van der Waals surface area contributed by atoms with Gasteiger partial charge in [0.05, 0.1) is 10.9 Å². The molecule has 2 aromatic carbocycles. The van der Waals surface area contributed by atoms with Crippen LogP contribution in [0.4, 0.5) is 8.78 Å². The number of unbranched alkanes of at least 4 members (excludes halogenated alkanes) is 1. The van der Waals surface area contributed by atoms with E-state index in [4.69, 9.17) is 0 Å². The van der Waals surface area contributed by atoms with Gasteiger partial charge in [0.1, 0.15) is 11.6 Å². The van der Waals surface area contributed by atoms with Crippen molar-refractivity contribution in [2.45, 2.75) is 62.3 Å². The van der Waals surface area contributed by atoms with Gasteiger partial charge in [-0.3, -0.25) is 9.36 Å². The van der Waals surface area contributed by atoms with Gasteiger partial charge in [-0.15, -0.1) is 0 Å². The van der Waals surface area contributed by atoms with Crippen LogP contribution in [0, 0.1) is 18.7 Å². The summed E-state index contributed by atoms with van der Waals surface area (Å²) in [5.41, 5.74) is 0.544. The first-order valence-electron chi connectivity index (χ1n) is 12.7. The van der Waals surface area contributed by atoms with E-state index >= 15 is 0 Å². The summed E-state index contributed by atoms with van der Waals surface area (Å²) in [5.74, 6) is -1.76. The van der Waals surface area contributed by atoms with Gasteiger partial charge >= 0.3 is 0 Å². The zero-order chi connectivity index (χ0) is 28.3. The van der Waals surface area contributed by atoms with Crippen LogP contribution < -0.4 is 5.56 Å². The van der Waals surface area contributed by atoms with Gasteiger partial charge in [0.15, 0.2) is 4.90 Å². The minimum absolute atomic E-state index is 0.180. The van der Waals surface area contributed by atoms with E-state index in [0.717, 1.165) is 6.42 Å². The van der Waals surface area contributed by atoms with Crippen molar-refractivity contribution in [2.75, 3.05) is 0 Å². The summed E-state index contributed by atoms with van der Waals surface area (Å²) in [6.45, 7) is 5.28. The smallest absolute Gasteiger partial charge is 0.296 e. The lowest BCUT2D eigenvalue weighted by molar-refractivity contribution is 0.354. The Morgan fingerprint density at radius 3 is 2.36 bits per heavy atom. The fourth-order valence-corrected chi connectivity index (χ4v) is 6.01. The van der Waals surface area contributed by atoms with Crippen molar-refractivity contribution >= 4 is 9.84 Å². The van der Waals surface area contributed by atoms with Crippen LogP contribution in [0.2, 0.25) is 0 Å². The topological polar surface area (TPSA) is 102 Å². The third-order valence-electron chi connectivity index (χ3n) is 6.74. The maximum atomic E-state index is 14.8. The third kappa shape index (κ3) is 5.34. The average Bonchev–Trinajstić information content (AvgIpc) is 2.91. The SMILES string of the molecule is CCCCc1nc(=O)c(S(=O)(=O)c2ccc(-c3ccnc(F)c3C)cc2)c(O)n1[C@@H](CC)c1ccccc1F. The molecule has 2 aromatic heterocycles. The van der Waals surface area contributed by atoms with Gasteiger partial charge in [-0.1, -0.05) is 50.6 Å². The molecule has 0 radical (unpaired) electrons. The Kier molecular flexibility index (Phi) is 8.25. The summed E-state index contributed by atoms with van der Waals surface area (Å²) in [7, 11) is -4.54. The Morgan fingerprint density at radius 2 is 1.72 bits per heavy atom. The van der Waals surface area contributed by atoms with Crippen LogP contribution in [-0.4, -0.2) is 28.1 Å². The Labute approximate surface area is 225 Å². The number of rotatable bonds is 9. The Bertz CT molecular complexity index is 1670. The van der Waals surface area contributed by atoms with Crippen LogP contribution in [0.3, 0.4) is 0 Å². The number of aromatic hydroxyl groups is 1. The molecule has 0 fully saturated rings. The largest absolute Gasteiger partial charge is 0.493 e. The standard InChI is InChI=1S/C29H29F2N3O4S/c1-4-6-11-25-33-28(35)26(29(36)34(25)24(5-2)22-9-7-8-10-23(22)30)39(37,38)20-14-12-19(13-15-20)21-16-17-32-27(31)18(21)3/h7-10,12-17,24,36H,4-6,11H2,1-3H3/t24-/m0/s1. The quantitative estimate of drug-likeness (QED) is 0.264. The third-order valence-corrected chi connectivity index (χ3v) is 8.53. The van der Waals surface area contributed by atoms with E-state index in [1.165, 1.54) is 47.2 Å². The molecule has 0 bridgehead atoms. The molecule has 7 nitrogen and oxygen atoms in total. The molecule has 0 unspecified atom stereocenters. The highest BCUT2D eigenvalue weighted by molar-refractivity contribution is 7.91.